The van der Waals surface area contributed by atoms with E-state index in [2.05, 4.69) is 21.5 Å². The molecule has 1 rings (SSSR count). The number of terminal acetylenes is 1. The Balaban J connectivity index is 2.32. The predicted molar refractivity (Wildman–Crippen MR) is 67.1 cm³/mol. The van der Waals surface area contributed by atoms with E-state index >= 15 is 0 Å². The normalized spacial score (nSPS) is 21.0. The van der Waals surface area contributed by atoms with Gasteiger partial charge in [-0.1, -0.05) is 0 Å². The number of hydrogen-bond acceptors (Lipinski definition) is 3. The summed E-state index contributed by atoms with van der Waals surface area (Å²) in [4.78, 5) is 24.5. The molecule has 3 N–H and O–H groups in total. The van der Waals surface area contributed by atoms with Gasteiger partial charge in [0.25, 0.3) is 0 Å². The molecule has 2 amide bonds. The lowest BCUT2D eigenvalue weighted by molar-refractivity contribution is -0.139. The van der Waals surface area contributed by atoms with Gasteiger partial charge in [0.15, 0.2) is 0 Å². The number of rotatable bonds is 5. The van der Waals surface area contributed by atoms with Gasteiger partial charge in [-0.15, -0.1) is 12.3 Å². The Morgan fingerprint density at radius 3 is 2.83 bits per heavy atom. The number of carbonyl (C=O) groups excluding carboxylic acids is 1. The van der Waals surface area contributed by atoms with E-state index in [1.165, 1.54) is 0 Å². The van der Waals surface area contributed by atoms with Crippen LogP contribution in [-0.2, 0) is 4.79 Å². The smallest absolute Gasteiger partial charge is 0.327 e. The molecule has 18 heavy (non-hydrogen) atoms. The Morgan fingerprint density at radius 1 is 1.61 bits per heavy atom. The largest absolute Gasteiger partial charge is 0.480 e. The zero-order chi connectivity index (χ0) is 13.5. The summed E-state index contributed by atoms with van der Waals surface area (Å²) in [7, 11) is 2.01. The fraction of sp³-hybridized carbons (Fsp3) is 0.667. The highest BCUT2D eigenvalue weighted by Gasteiger charge is 2.22. The van der Waals surface area contributed by atoms with Gasteiger partial charge in [0.2, 0.25) is 0 Å². The van der Waals surface area contributed by atoms with Gasteiger partial charge in [0.05, 0.1) is 0 Å². The van der Waals surface area contributed by atoms with Crippen molar-refractivity contribution in [2.75, 3.05) is 20.1 Å². The van der Waals surface area contributed by atoms with Crippen molar-refractivity contribution in [3.8, 4) is 12.3 Å². The maximum absolute atomic E-state index is 11.5. The van der Waals surface area contributed by atoms with E-state index < -0.39 is 18.0 Å². The van der Waals surface area contributed by atoms with Crippen molar-refractivity contribution in [2.24, 2.45) is 0 Å². The van der Waals surface area contributed by atoms with Crippen molar-refractivity contribution in [2.45, 2.75) is 31.3 Å². The van der Waals surface area contributed by atoms with E-state index in [1.807, 2.05) is 7.05 Å². The van der Waals surface area contributed by atoms with Gasteiger partial charge in [-0.3, -0.25) is 0 Å². The number of amides is 2. The van der Waals surface area contributed by atoms with E-state index in [1.54, 1.807) is 0 Å². The first-order chi connectivity index (χ1) is 8.54. The fourth-order valence-corrected chi connectivity index (χ4v) is 1.97. The summed E-state index contributed by atoms with van der Waals surface area (Å²) in [5.41, 5.74) is 0. The first-order valence-corrected chi connectivity index (χ1v) is 5.95. The molecule has 0 aliphatic carbocycles. The summed E-state index contributed by atoms with van der Waals surface area (Å²) in [5, 5.41) is 13.8. The molecule has 1 aliphatic rings. The molecule has 1 aliphatic heterocycles. The molecule has 0 aromatic heterocycles. The molecule has 2 atom stereocenters. The van der Waals surface area contributed by atoms with Gasteiger partial charge in [-0.2, -0.15) is 0 Å². The van der Waals surface area contributed by atoms with Crippen molar-refractivity contribution < 1.29 is 14.7 Å². The van der Waals surface area contributed by atoms with Gasteiger partial charge in [-0.05, 0) is 26.4 Å². The van der Waals surface area contributed by atoms with Gasteiger partial charge in [0, 0.05) is 19.0 Å². The number of aliphatic carboxylic acids is 1. The number of carboxylic acids is 1. The number of likely N-dealkylation sites (tertiary alicyclic amines) is 1. The summed E-state index contributed by atoms with van der Waals surface area (Å²) in [6, 6.07) is -1.19. The Morgan fingerprint density at radius 2 is 2.33 bits per heavy atom. The highest BCUT2D eigenvalue weighted by Crippen LogP contribution is 2.13. The van der Waals surface area contributed by atoms with Crippen molar-refractivity contribution in [3.05, 3.63) is 0 Å². The maximum Gasteiger partial charge on any atom is 0.327 e. The molecule has 0 bridgehead atoms. The van der Waals surface area contributed by atoms with Crippen LogP contribution in [0.25, 0.3) is 0 Å². The van der Waals surface area contributed by atoms with Gasteiger partial charge in [-0.25, -0.2) is 9.59 Å². The molecule has 0 saturated carbocycles. The molecule has 0 aromatic rings. The minimum atomic E-state index is -1.12. The van der Waals surface area contributed by atoms with Crippen LogP contribution in [0.2, 0.25) is 0 Å². The van der Waals surface area contributed by atoms with E-state index in [4.69, 9.17) is 11.5 Å². The Hall–Kier alpha value is -1.74. The number of urea groups is 1. The number of carboxylic acid groups (broad SMARTS) is 1. The van der Waals surface area contributed by atoms with Crippen molar-refractivity contribution in [3.63, 3.8) is 0 Å². The third kappa shape index (κ3) is 4.26. The third-order valence-corrected chi connectivity index (χ3v) is 3.10. The molecule has 0 spiro atoms. The number of nitrogens with zero attached hydrogens (tertiary/aromatic N) is 1. The number of likely N-dealkylation sites (N-methyl/N-ethyl adjacent to an activating group) is 1. The van der Waals surface area contributed by atoms with Crippen molar-refractivity contribution in [1.29, 1.82) is 0 Å². The van der Waals surface area contributed by atoms with Crippen LogP contribution in [0.1, 0.15) is 19.3 Å². The van der Waals surface area contributed by atoms with Gasteiger partial charge in [0.1, 0.15) is 6.04 Å². The Labute approximate surface area is 107 Å². The third-order valence-electron chi connectivity index (χ3n) is 3.10. The summed E-state index contributed by atoms with van der Waals surface area (Å²) in [5.74, 6) is 1.10. The molecular formula is C12H19N3O3. The molecular weight excluding hydrogens is 234 g/mol. The average molecular weight is 253 g/mol. The number of nitrogens with one attached hydrogen (secondary N) is 2. The lowest BCUT2D eigenvalue weighted by atomic mass is 10.2. The van der Waals surface area contributed by atoms with Crippen LogP contribution in [0.5, 0.6) is 0 Å². The minimum absolute atomic E-state index is 0.0217. The van der Waals surface area contributed by atoms with Crippen LogP contribution in [0.4, 0.5) is 4.79 Å². The van der Waals surface area contributed by atoms with Crippen LogP contribution >= 0.6 is 0 Å². The quantitative estimate of drug-likeness (QED) is 0.595. The van der Waals surface area contributed by atoms with Crippen LogP contribution in [0.15, 0.2) is 0 Å². The predicted octanol–water partition coefficient (Wildman–Crippen LogP) is -0.144. The first kappa shape index (κ1) is 14.3. The Kier molecular flexibility index (Phi) is 5.46. The monoisotopic (exact) mass is 253 g/mol. The summed E-state index contributed by atoms with van der Waals surface area (Å²) >= 11 is 0. The summed E-state index contributed by atoms with van der Waals surface area (Å²) in [6.07, 6.45) is 7.19. The topological polar surface area (TPSA) is 81.7 Å². The van der Waals surface area contributed by atoms with Crippen molar-refractivity contribution >= 4 is 12.0 Å². The summed E-state index contributed by atoms with van der Waals surface area (Å²) < 4.78 is 0. The van der Waals surface area contributed by atoms with Crippen molar-refractivity contribution in [1.82, 2.24) is 15.5 Å². The minimum Gasteiger partial charge on any atom is -0.480 e. The fourth-order valence-electron chi connectivity index (χ4n) is 1.97. The lowest BCUT2D eigenvalue weighted by Gasteiger charge is -2.20. The highest BCUT2D eigenvalue weighted by molar-refractivity contribution is 5.82. The molecule has 1 saturated heterocycles. The summed E-state index contributed by atoms with van der Waals surface area (Å²) in [6.45, 7) is 1.55. The molecule has 100 valence electrons. The molecule has 6 nitrogen and oxygen atoms in total. The lowest BCUT2D eigenvalue weighted by Crippen LogP contribution is -2.48. The highest BCUT2D eigenvalue weighted by atomic mass is 16.4. The SMILES string of the molecule is C#CCC(NC(=O)NCC1CCCN1C)C(=O)O. The van der Waals surface area contributed by atoms with Crippen LogP contribution < -0.4 is 10.6 Å². The molecule has 0 aromatic carbocycles. The number of hydrogen-bond donors (Lipinski definition) is 3. The zero-order valence-electron chi connectivity index (χ0n) is 10.5. The van der Waals surface area contributed by atoms with Crippen LogP contribution in [0.3, 0.4) is 0 Å². The maximum atomic E-state index is 11.5. The molecule has 2 unspecified atom stereocenters. The first-order valence-electron chi connectivity index (χ1n) is 5.95. The standard InChI is InChI=1S/C12H19N3O3/c1-3-5-10(11(16)17)14-12(18)13-8-9-6-4-7-15(9)2/h1,9-10H,4-8H2,2H3,(H,16,17)(H2,13,14,18). The van der Waals surface area contributed by atoms with Gasteiger partial charge < -0.3 is 20.6 Å². The second kappa shape index (κ2) is 6.87. The van der Waals surface area contributed by atoms with E-state index in [0.29, 0.717) is 12.6 Å². The zero-order valence-corrected chi connectivity index (χ0v) is 10.5. The van der Waals surface area contributed by atoms with E-state index in [-0.39, 0.29) is 6.42 Å². The van der Waals surface area contributed by atoms with E-state index in [0.717, 1.165) is 19.4 Å². The molecule has 6 heteroatoms. The molecule has 0 radical (unpaired) electrons. The molecule has 1 heterocycles. The van der Waals surface area contributed by atoms with Gasteiger partial charge >= 0.3 is 12.0 Å². The van der Waals surface area contributed by atoms with E-state index in [9.17, 15) is 9.59 Å². The second-order valence-electron chi connectivity index (χ2n) is 4.43. The second-order valence-corrected chi connectivity index (χ2v) is 4.43. The Bertz CT molecular complexity index is 351. The van der Waals surface area contributed by atoms with Crippen LogP contribution in [0, 0.1) is 12.3 Å². The molecule has 1 fully saturated rings. The van der Waals surface area contributed by atoms with Crippen LogP contribution in [-0.4, -0.2) is 54.2 Å². The number of carbonyl (C=O) groups is 2. The average Bonchev–Trinajstić information content (AvgIpc) is 2.71.